The standard InChI is InChI=1S/C22H19FO5S/c1-4-17(24)27-12-6-7-13-8-9-15-14-10-11-16(28-18(25)5-2)19(23)21(14)29-22(15)20(13)26-3/h4-5,8-11H,1-2,6-7,12H2,3H3. The summed E-state index contributed by atoms with van der Waals surface area (Å²) in [4.78, 5) is 22.5. The van der Waals surface area contributed by atoms with Crippen molar-refractivity contribution in [3.05, 3.63) is 61.0 Å². The van der Waals surface area contributed by atoms with E-state index < -0.39 is 17.8 Å². The topological polar surface area (TPSA) is 61.8 Å². The minimum absolute atomic E-state index is 0.141. The van der Waals surface area contributed by atoms with E-state index in [9.17, 15) is 14.0 Å². The summed E-state index contributed by atoms with van der Waals surface area (Å²) >= 11 is 1.23. The Morgan fingerprint density at radius 3 is 2.45 bits per heavy atom. The number of rotatable bonds is 8. The lowest BCUT2D eigenvalue weighted by Crippen LogP contribution is -2.04. The fourth-order valence-electron chi connectivity index (χ4n) is 3.01. The number of aryl methyl sites for hydroxylation is 1. The second-order valence-electron chi connectivity index (χ2n) is 6.09. The minimum Gasteiger partial charge on any atom is -0.495 e. The Balaban J connectivity index is 1.96. The van der Waals surface area contributed by atoms with E-state index in [0.717, 1.165) is 27.8 Å². The van der Waals surface area contributed by atoms with Gasteiger partial charge in [0.25, 0.3) is 0 Å². The average molecular weight is 414 g/mol. The van der Waals surface area contributed by atoms with Crippen molar-refractivity contribution in [1.29, 1.82) is 0 Å². The zero-order valence-electron chi connectivity index (χ0n) is 15.8. The van der Waals surface area contributed by atoms with Crippen LogP contribution in [0.25, 0.3) is 20.2 Å². The number of halogens is 1. The quantitative estimate of drug-likeness (QED) is 0.226. The van der Waals surface area contributed by atoms with Crippen LogP contribution < -0.4 is 9.47 Å². The maximum Gasteiger partial charge on any atom is 0.335 e. The number of thiophene rings is 1. The maximum atomic E-state index is 14.9. The fourth-order valence-corrected chi connectivity index (χ4v) is 4.29. The van der Waals surface area contributed by atoms with Crippen LogP contribution in [0.2, 0.25) is 0 Å². The Bertz CT molecular complexity index is 1120. The Kier molecular flexibility index (Phi) is 6.29. The molecular weight excluding hydrogens is 395 g/mol. The van der Waals surface area contributed by atoms with Crippen LogP contribution in [0.3, 0.4) is 0 Å². The smallest absolute Gasteiger partial charge is 0.335 e. The van der Waals surface area contributed by atoms with E-state index in [1.54, 1.807) is 13.2 Å². The van der Waals surface area contributed by atoms with Gasteiger partial charge in [-0.1, -0.05) is 25.3 Å². The van der Waals surface area contributed by atoms with Crippen molar-refractivity contribution in [3.63, 3.8) is 0 Å². The van der Waals surface area contributed by atoms with Gasteiger partial charge >= 0.3 is 11.9 Å². The summed E-state index contributed by atoms with van der Waals surface area (Å²) in [7, 11) is 1.56. The lowest BCUT2D eigenvalue weighted by molar-refractivity contribution is -0.137. The van der Waals surface area contributed by atoms with Gasteiger partial charge in [-0.15, -0.1) is 11.3 Å². The molecule has 0 radical (unpaired) electrons. The summed E-state index contributed by atoms with van der Waals surface area (Å²) in [5.41, 5.74) is 0.930. The first-order valence-corrected chi connectivity index (χ1v) is 9.65. The number of ether oxygens (including phenoxy) is 3. The average Bonchev–Trinajstić information content (AvgIpc) is 3.11. The summed E-state index contributed by atoms with van der Waals surface area (Å²) in [5, 5.41) is 1.56. The van der Waals surface area contributed by atoms with Crippen LogP contribution in [0.4, 0.5) is 4.39 Å². The molecule has 2 aromatic carbocycles. The molecule has 0 spiro atoms. The van der Waals surface area contributed by atoms with Crippen LogP contribution in [0.15, 0.2) is 49.6 Å². The van der Waals surface area contributed by atoms with Crippen LogP contribution in [0, 0.1) is 5.82 Å². The molecule has 0 fully saturated rings. The molecule has 29 heavy (non-hydrogen) atoms. The molecule has 0 atom stereocenters. The molecule has 3 rings (SSSR count). The highest BCUT2D eigenvalue weighted by Gasteiger charge is 2.19. The van der Waals surface area contributed by atoms with Gasteiger partial charge in [0, 0.05) is 22.9 Å². The van der Waals surface area contributed by atoms with Gasteiger partial charge in [-0.2, -0.15) is 0 Å². The largest absolute Gasteiger partial charge is 0.495 e. The fraction of sp³-hybridized carbons (Fsp3) is 0.182. The zero-order chi connectivity index (χ0) is 21.0. The lowest BCUT2D eigenvalue weighted by atomic mass is 10.0. The highest BCUT2D eigenvalue weighted by atomic mass is 32.1. The van der Waals surface area contributed by atoms with Gasteiger partial charge in [-0.3, -0.25) is 0 Å². The van der Waals surface area contributed by atoms with E-state index in [4.69, 9.17) is 14.2 Å². The van der Waals surface area contributed by atoms with E-state index in [-0.39, 0.29) is 12.4 Å². The van der Waals surface area contributed by atoms with Gasteiger partial charge in [-0.25, -0.2) is 14.0 Å². The van der Waals surface area contributed by atoms with Gasteiger partial charge in [0.1, 0.15) is 5.75 Å². The molecule has 0 N–H and O–H groups in total. The van der Waals surface area contributed by atoms with Crippen molar-refractivity contribution in [2.75, 3.05) is 13.7 Å². The Labute approximate surface area is 171 Å². The minimum atomic E-state index is -0.721. The number of benzene rings is 2. The number of esters is 2. The highest BCUT2D eigenvalue weighted by Crippen LogP contribution is 2.44. The third kappa shape index (κ3) is 4.14. The molecule has 0 aliphatic rings. The van der Waals surface area contributed by atoms with Crippen LogP contribution in [0.1, 0.15) is 12.0 Å². The lowest BCUT2D eigenvalue weighted by Gasteiger charge is -2.10. The normalized spacial score (nSPS) is 10.7. The van der Waals surface area contributed by atoms with Crippen molar-refractivity contribution >= 4 is 43.4 Å². The van der Waals surface area contributed by atoms with Gasteiger partial charge in [0.05, 0.1) is 23.1 Å². The van der Waals surface area contributed by atoms with Crippen LogP contribution >= 0.6 is 11.3 Å². The van der Waals surface area contributed by atoms with Crippen LogP contribution in [0.5, 0.6) is 11.5 Å². The maximum absolute atomic E-state index is 14.9. The van der Waals surface area contributed by atoms with E-state index >= 15 is 0 Å². The summed E-state index contributed by atoms with van der Waals surface area (Å²) < 4.78 is 31.7. The molecular formula is C22H19FO5S. The molecule has 3 aromatic rings. The van der Waals surface area contributed by atoms with E-state index in [1.165, 1.54) is 17.4 Å². The van der Waals surface area contributed by atoms with Crippen molar-refractivity contribution in [2.24, 2.45) is 0 Å². The monoisotopic (exact) mass is 414 g/mol. The number of fused-ring (bicyclic) bond motifs is 3. The zero-order valence-corrected chi connectivity index (χ0v) is 16.6. The Morgan fingerprint density at radius 1 is 1.07 bits per heavy atom. The molecule has 1 aromatic heterocycles. The van der Waals surface area contributed by atoms with E-state index in [1.807, 2.05) is 12.1 Å². The van der Waals surface area contributed by atoms with Crippen LogP contribution in [-0.4, -0.2) is 25.7 Å². The second kappa shape index (κ2) is 8.87. The molecule has 0 bridgehead atoms. The molecule has 0 aliphatic carbocycles. The van der Waals surface area contributed by atoms with Crippen LogP contribution in [-0.2, 0) is 20.7 Å². The molecule has 1 heterocycles. The molecule has 7 heteroatoms. The Morgan fingerprint density at radius 2 is 1.76 bits per heavy atom. The Hall–Kier alpha value is -3.19. The van der Waals surface area contributed by atoms with Crippen molar-refractivity contribution < 1.29 is 28.2 Å². The molecule has 0 saturated carbocycles. The molecule has 0 amide bonds. The first kappa shape index (κ1) is 20.5. The first-order valence-electron chi connectivity index (χ1n) is 8.84. The number of hydrogen-bond acceptors (Lipinski definition) is 6. The second-order valence-corrected chi connectivity index (χ2v) is 7.11. The summed E-state index contributed by atoms with van der Waals surface area (Å²) in [6.07, 6.45) is 3.35. The predicted molar refractivity (Wildman–Crippen MR) is 111 cm³/mol. The highest BCUT2D eigenvalue weighted by molar-refractivity contribution is 7.26. The molecule has 150 valence electrons. The van der Waals surface area contributed by atoms with Crippen molar-refractivity contribution in [2.45, 2.75) is 12.8 Å². The SMILES string of the molecule is C=CC(=O)OCCCc1ccc2c(sc3c(F)c(OC(=O)C=C)ccc32)c1OC. The van der Waals surface area contributed by atoms with Gasteiger partial charge in [-0.05, 0) is 30.5 Å². The number of methoxy groups -OCH3 is 1. The third-order valence-corrected chi connectivity index (χ3v) is 5.55. The van der Waals surface area contributed by atoms with Crippen molar-refractivity contribution in [1.82, 2.24) is 0 Å². The molecule has 0 aliphatic heterocycles. The summed E-state index contributed by atoms with van der Waals surface area (Å²) in [6, 6.07) is 6.99. The molecule has 5 nitrogen and oxygen atoms in total. The predicted octanol–water partition coefficient (Wildman–Crippen LogP) is 4.96. The summed E-state index contributed by atoms with van der Waals surface area (Å²) in [6.45, 7) is 6.94. The number of hydrogen-bond donors (Lipinski definition) is 0. The number of carbonyl (C=O) groups excluding carboxylic acids is 2. The van der Waals surface area contributed by atoms with E-state index in [0.29, 0.717) is 28.7 Å². The molecule has 0 saturated heterocycles. The summed E-state index contributed by atoms with van der Waals surface area (Å²) in [5.74, 6) is -1.26. The van der Waals surface area contributed by atoms with Crippen molar-refractivity contribution in [3.8, 4) is 11.5 Å². The van der Waals surface area contributed by atoms with Gasteiger partial charge in [0.15, 0.2) is 11.6 Å². The van der Waals surface area contributed by atoms with Gasteiger partial charge in [0.2, 0.25) is 0 Å². The first-order chi connectivity index (χ1) is 14.0. The molecule has 0 unspecified atom stereocenters. The van der Waals surface area contributed by atoms with Gasteiger partial charge < -0.3 is 14.2 Å². The van der Waals surface area contributed by atoms with E-state index in [2.05, 4.69) is 13.2 Å². The third-order valence-electron chi connectivity index (χ3n) is 4.33. The number of carbonyl (C=O) groups is 2.